The normalized spacial score (nSPS) is 14.8. The van der Waals surface area contributed by atoms with Crippen molar-refractivity contribution in [1.82, 2.24) is 10.2 Å². The number of carbonyl (C=O) groups is 2. The Kier molecular flexibility index (Phi) is 8.83. The average Bonchev–Trinajstić information content (AvgIpc) is 3.28. The first-order chi connectivity index (χ1) is 15.4. The van der Waals surface area contributed by atoms with Crippen molar-refractivity contribution < 1.29 is 14.3 Å². The Balaban J connectivity index is 1.85. The van der Waals surface area contributed by atoms with Gasteiger partial charge < -0.3 is 15.0 Å². The summed E-state index contributed by atoms with van der Waals surface area (Å²) < 4.78 is 5.33. The summed E-state index contributed by atoms with van der Waals surface area (Å²) >= 11 is 12.3. The van der Waals surface area contributed by atoms with Gasteiger partial charge in [0.05, 0.1) is 13.5 Å². The van der Waals surface area contributed by atoms with E-state index < -0.39 is 6.04 Å². The Bertz CT molecular complexity index is 945. The molecule has 172 valence electrons. The monoisotopic (exact) mass is 476 g/mol. The third kappa shape index (κ3) is 6.39. The Morgan fingerprint density at radius 3 is 2.56 bits per heavy atom. The molecule has 3 rings (SSSR count). The van der Waals surface area contributed by atoms with Crippen molar-refractivity contribution >= 4 is 35.0 Å². The summed E-state index contributed by atoms with van der Waals surface area (Å²) in [6, 6.07) is 12.3. The zero-order valence-corrected chi connectivity index (χ0v) is 20.1. The second kappa shape index (κ2) is 11.6. The molecular weight excluding hydrogens is 447 g/mol. The zero-order chi connectivity index (χ0) is 23.1. The smallest absolute Gasteiger partial charge is 0.243 e. The summed E-state index contributed by atoms with van der Waals surface area (Å²) in [4.78, 5) is 28.3. The molecule has 2 aromatic carbocycles. The minimum Gasteiger partial charge on any atom is -0.497 e. The quantitative estimate of drug-likeness (QED) is 0.526. The molecule has 2 amide bonds. The summed E-state index contributed by atoms with van der Waals surface area (Å²) in [5.74, 6) is 0.447. The van der Waals surface area contributed by atoms with E-state index in [1.165, 1.54) is 0 Å². The molecule has 1 aliphatic carbocycles. The van der Waals surface area contributed by atoms with Gasteiger partial charge in [0.25, 0.3) is 0 Å². The van der Waals surface area contributed by atoms with E-state index in [2.05, 4.69) is 5.32 Å². The predicted molar refractivity (Wildman–Crippen MR) is 128 cm³/mol. The molecule has 0 aliphatic heterocycles. The van der Waals surface area contributed by atoms with Crippen LogP contribution in [-0.2, 0) is 22.6 Å². The lowest BCUT2D eigenvalue weighted by molar-refractivity contribution is -0.141. The highest BCUT2D eigenvalue weighted by atomic mass is 35.5. The van der Waals surface area contributed by atoms with Crippen LogP contribution in [0.15, 0.2) is 42.5 Å². The number of ether oxygens (including phenoxy) is 1. The Hall–Kier alpha value is -2.24. The lowest BCUT2D eigenvalue weighted by Gasteiger charge is -2.32. The van der Waals surface area contributed by atoms with Crippen LogP contribution in [0, 0.1) is 0 Å². The van der Waals surface area contributed by atoms with Gasteiger partial charge in [0.1, 0.15) is 11.8 Å². The highest BCUT2D eigenvalue weighted by Gasteiger charge is 2.31. The summed E-state index contributed by atoms with van der Waals surface area (Å²) in [7, 11) is 1.61. The largest absolute Gasteiger partial charge is 0.497 e. The molecule has 7 heteroatoms. The van der Waals surface area contributed by atoms with Crippen LogP contribution in [0.25, 0.3) is 0 Å². The number of benzene rings is 2. The van der Waals surface area contributed by atoms with E-state index in [-0.39, 0.29) is 24.3 Å². The Morgan fingerprint density at radius 2 is 1.91 bits per heavy atom. The number of methoxy groups -OCH3 is 1. The number of hydrogen-bond acceptors (Lipinski definition) is 3. The summed E-state index contributed by atoms with van der Waals surface area (Å²) in [6.07, 6.45) is 4.85. The van der Waals surface area contributed by atoms with Gasteiger partial charge in [-0.1, -0.05) is 61.2 Å². The molecule has 0 saturated heterocycles. The Morgan fingerprint density at radius 1 is 1.16 bits per heavy atom. The van der Waals surface area contributed by atoms with Crippen molar-refractivity contribution in [1.29, 1.82) is 0 Å². The summed E-state index contributed by atoms with van der Waals surface area (Å²) in [5, 5.41) is 4.11. The highest BCUT2D eigenvalue weighted by Crippen LogP contribution is 2.24. The predicted octanol–water partition coefficient (Wildman–Crippen LogP) is 5.41. The molecule has 32 heavy (non-hydrogen) atoms. The van der Waals surface area contributed by atoms with Gasteiger partial charge in [0.15, 0.2) is 0 Å². The molecule has 0 spiro atoms. The molecular formula is C25H30Cl2N2O3. The van der Waals surface area contributed by atoms with Crippen LogP contribution in [0.4, 0.5) is 0 Å². The molecule has 5 nitrogen and oxygen atoms in total. The molecule has 0 unspecified atom stereocenters. The van der Waals surface area contributed by atoms with Crippen LogP contribution in [0.1, 0.15) is 50.2 Å². The molecule has 0 bridgehead atoms. The van der Waals surface area contributed by atoms with Crippen LogP contribution in [0.2, 0.25) is 10.0 Å². The summed E-state index contributed by atoms with van der Waals surface area (Å²) in [5.41, 5.74) is 1.58. The molecule has 1 N–H and O–H groups in total. The maximum atomic E-state index is 13.5. The SMILES string of the molecule is CC[C@H](C(=O)NC1CCCC1)N(Cc1cccc(OC)c1)C(=O)Cc1ccc(Cl)cc1Cl. The minimum absolute atomic E-state index is 0.0905. The van der Waals surface area contributed by atoms with E-state index in [0.717, 1.165) is 31.2 Å². The first-order valence-corrected chi connectivity index (χ1v) is 11.8. The average molecular weight is 477 g/mol. The second-order valence-electron chi connectivity index (χ2n) is 8.20. The lowest BCUT2D eigenvalue weighted by atomic mass is 10.1. The van der Waals surface area contributed by atoms with Gasteiger partial charge in [-0.3, -0.25) is 9.59 Å². The van der Waals surface area contributed by atoms with Crippen molar-refractivity contribution in [2.75, 3.05) is 7.11 Å². The minimum atomic E-state index is -0.569. The van der Waals surface area contributed by atoms with E-state index in [4.69, 9.17) is 27.9 Å². The molecule has 1 fully saturated rings. The highest BCUT2D eigenvalue weighted by molar-refractivity contribution is 6.35. The maximum absolute atomic E-state index is 13.5. The van der Waals surface area contributed by atoms with Crippen LogP contribution < -0.4 is 10.1 Å². The topological polar surface area (TPSA) is 58.6 Å². The number of carbonyl (C=O) groups excluding carboxylic acids is 2. The zero-order valence-electron chi connectivity index (χ0n) is 18.6. The van der Waals surface area contributed by atoms with Crippen LogP contribution in [0.5, 0.6) is 5.75 Å². The maximum Gasteiger partial charge on any atom is 0.243 e. The van der Waals surface area contributed by atoms with Gasteiger partial charge in [0, 0.05) is 22.6 Å². The van der Waals surface area contributed by atoms with Gasteiger partial charge in [-0.15, -0.1) is 0 Å². The van der Waals surface area contributed by atoms with Crippen molar-refractivity contribution in [3.63, 3.8) is 0 Å². The van der Waals surface area contributed by atoms with Crippen LogP contribution in [0.3, 0.4) is 0 Å². The fourth-order valence-electron chi connectivity index (χ4n) is 4.18. The first-order valence-electron chi connectivity index (χ1n) is 11.1. The van der Waals surface area contributed by atoms with E-state index in [0.29, 0.717) is 34.3 Å². The van der Waals surface area contributed by atoms with Gasteiger partial charge in [-0.2, -0.15) is 0 Å². The molecule has 1 atom stereocenters. The third-order valence-corrected chi connectivity index (χ3v) is 6.52. The Labute approximate surface area is 200 Å². The summed E-state index contributed by atoms with van der Waals surface area (Å²) in [6.45, 7) is 2.23. The van der Waals surface area contributed by atoms with Gasteiger partial charge in [-0.25, -0.2) is 0 Å². The second-order valence-corrected chi connectivity index (χ2v) is 9.04. The van der Waals surface area contributed by atoms with Crippen LogP contribution in [-0.4, -0.2) is 35.9 Å². The van der Waals surface area contributed by atoms with Crippen molar-refractivity contribution in [2.45, 2.75) is 64.1 Å². The number of hydrogen-bond donors (Lipinski definition) is 1. The van der Waals surface area contributed by atoms with Crippen molar-refractivity contribution in [2.24, 2.45) is 0 Å². The number of nitrogens with one attached hydrogen (secondary N) is 1. The molecule has 1 saturated carbocycles. The van der Waals surface area contributed by atoms with E-state index in [9.17, 15) is 9.59 Å². The van der Waals surface area contributed by atoms with Gasteiger partial charge in [-0.05, 0) is 54.7 Å². The van der Waals surface area contributed by atoms with Crippen molar-refractivity contribution in [3.8, 4) is 5.75 Å². The third-order valence-electron chi connectivity index (χ3n) is 5.93. The van der Waals surface area contributed by atoms with E-state index in [1.807, 2.05) is 31.2 Å². The molecule has 0 aromatic heterocycles. The molecule has 2 aromatic rings. The van der Waals surface area contributed by atoms with Gasteiger partial charge >= 0.3 is 0 Å². The number of rotatable bonds is 9. The van der Waals surface area contributed by atoms with E-state index in [1.54, 1.807) is 30.2 Å². The molecule has 0 heterocycles. The lowest BCUT2D eigenvalue weighted by Crippen LogP contribution is -2.51. The molecule has 1 aliphatic rings. The van der Waals surface area contributed by atoms with Gasteiger partial charge in [0.2, 0.25) is 11.8 Å². The first kappa shape index (κ1) is 24.4. The fraction of sp³-hybridized carbons (Fsp3) is 0.440. The van der Waals surface area contributed by atoms with Crippen LogP contribution >= 0.6 is 23.2 Å². The fourth-order valence-corrected chi connectivity index (χ4v) is 4.66. The van der Waals surface area contributed by atoms with Crippen molar-refractivity contribution in [3.05, 3.63) is 63.6 Å². The molecule has 0 radical (unpaired) electrons. The van der Waals surface area contributed by atoms with E-state index >= 15 is 0 Å². The number of halogens is 2. The number of nitrogens with zero attached hydrogens (tertiary/aromatic N) is 1. The standard InChI is InChI=1S/C25H30Cl2N2O3/c1-3-23(25(31)28-20-8-4-5-9-20)29(16-17-7-6-10-21(13-17)32-2)24(30)14-18-11-12-19(26)15-22(18)27/h6-7,10-13,15,20,23H,3-5,8-9,14,16H2,1-2H3,(H,28,31)/t23-/m1/s1. The number of amides is 2.